The van der Waals surface area contributed by atoms with E-state index in [-0.39, 0.29) is 0 Å². The molecule has 0 saturated carbocycles. The third kappa shape index (κ3) is 3.30. The number of hydrogen-bond donors (Lipinski definition) is 0. The molecule has 1 aliphatic rings. The quantitative estimate of drug-likeness (QED) is 0.776. The van der Waals surface area contributed by atoms with Crippen LogP contribution in [-0.2, 0) is 19.1 Å². The van der Waals surface area contributed by atoms with E-state index < -0.39 is 24.3 Å². The molecule has 0 bridgehead atoms. The van der Waals surface area contributed by atoms with Gasteiger partial charge in [-0.05, 0) is 24.3 Å². The van der Waals surface area contributed by atoms with E-state index >= 15 is 0 Å². The second-order valence-electron chi connectivity index (χ2n) is 4.97. The first kappa shape index (κ1) is 16.1. The number of hydrogen-bond acceptors (Lipinski definition) is 8. The van der Waals surface area contributed by atoms with Gasteiger partial charge in [0.25, 0.3) is 0 Å². The molecule has 25 heavy (non-hydrogen) atoms. The van der Waals surface area contributed by atoms with Crippen LogP contribution in [0, 0.1) is 11.3 Å². The average molecular weight is 336 g/mol. The monoisotopic (exact) mass is 336 g/mol. The predicted octanol–water partition coefficient (Wildman–Crippen LogP) is 1.49. The van der Waals surface area contributed by atoms with E-state index in [9.17, 15) is 14.9 Å². The lowest BCUT2D eigenvalue weighted by atomic mass is 10.2. The number of ether oxygens (including phenoxy) is 2. The Balaban J connectivity index is 2.16. The Kier molecular flexibility index (Phi) is 4.39. The van der Waals surface area contributed by atoms with E-state index in [1.165, 1.54) is 17.3 Å². The molecule has 0 saturated heterocycles. The lowest BCUT2D eigenvalue weighted by Gasteiger charge is -2.37. The van der Waals surface area contributed by atoms with Crippen molar-refractivity contribution >= 4 is 23.6 Å². The minimum atomic E-state index is -1.96. The van der Waals surface area contributed by atoms with E-state index in [1.807, 2.05) is 6.07 Å². The molecule has 0 N–H and O–H groups in total. The molecule has 2 aromatic heterocycles. The zero-order valence-electron chi connectivity index (χ0n) is 12.9. The second kappa shape index (κ2) is 6.80. The van der Waals surface area contributed by atoms with E-state index in [2.05, 4.69) is 9.97 Å². The Hall–Kier alpha value is -3.73. The minimum Gasteiger partial charge on any atom is -0.455 e. The van der Waals surface area contributed by atoms with Gasteiger partial charge in [-0.1, -0.05) is 12.1 Å². The first-order valence-electron chi connectivity index (χ1n) is 7.26. The number of cyclic esters (lactones) is 2. The van der Waals surface area contributed by atoms with Crippen LogP contribution in [0.3, 0.4) is 0 Å². The molecule has 0 amide bonds. The van der Waals surface area contributed by atoms with Crippen LogP contribution in [0.25, 0.3) is 0 Å². The average Bonchev–Trinajstić information content (AvgIpc) is 2.65. The summed E-state index contributed by atoms with van der Waals surface area (Å²) in [4.78, 5) is 33.3. The fourth-order valence-corrected chi connectivity index (χ4v) is 2.26. The molecular weight excluding hydrogens is 324 g/mol. The number of nitriles is 1. The van der Waals surface area contributed by atoms with E-state index in [1.54, 1.807) is 36.4 Å². The Morgan fingerprint density at radius 2 is 1.60 bits per heavy atom. The van der Waals surface area contributed by atoms with Crippen LogP contribution in [0.4, 0.5) is 11.6 Å². The lowest BCUT2D eigenvalue weighted by molar-refractivity contribution is -0.160. The Bertz CT molecular complexity index is 808. The van der Waals surface area contributed by atoms with Crippen LogP contribution in [0.15, 0.2) is 60.9 Å². The Morgan fingerprint density at radius 1 is 1.00 bits per heavy atom. The van der Waals surface area contributed by atoms with Gasteiger partial charge in [-0.3, -0.25) is 4.90 Å². The molecule has 0 fully saturated rings. The Morgan fingerprint density at radius 3 is 2.12 bits per heavy atom. The van der Waals surface area contributed by atoms with Gasteiger partial charge in [0.05, 0.1) is 0 Å². The third-order valence-corrected chi connectivity index (χ3v) is 3.33. The highest BCUT2D eigenvalue weighted by atomic mass is 16.6. The van der Waals surface area contributed by atoms with Gasteiger partial charge < -0.3 is 9.47 Å². The standard InChI is InChI=1S/C17H12N4O4/c18-11-17(12-24-15(22)7-8-16(23)25-17)21(13-5-1-3-9-19-13)14-6-2-4-10-20-14/h1-10H,12H2/b8-7+. The van der Waals surface area contributed by atoms with Crippen LogP contribution in [-0.4, -0.2) is 34.2 Å². The van der Waals surface area contributed by atoms with Gasteiger partial charge in [0.15, 0.2) is 6.61 Å². The van der Waals surface area contributed by atoms with Crippen LogP contribution in [0.1, 0.15) is 0 Å². The van der Waals surface area contributed by atoms with Gasteiger partial charge in [-0.15, -0.1) is 0 Å². The highest BCUT2D eigenvalue weighted by molar-refractivity contribution is 5.92. The molecule has 1 atom stereocenters. The number of rotatable bonds is 3. The van der Waals surface area contributed by atoms with Crippen LogP contribution in [0.5, 0.6) is 0 Å². The van der Waals surface area contributed by atoms with Crippen molar-refractivity contribution in [1.82, 2.24) is 9.97 Å². The molecular formula is C17H12N4O4. The molecule has 0 aliphatic carbocycles. The SMILES string of the molecule is N#CC1(N(c2ccccn2)c2ccccn2)COC(=O)/C=C/C(=O)O1. The fraction of sp³-hybridized carbons (Fsp3) is 0.118. The number of anilines is 2. The number of aromatic nitrogens is 2. The summed E-state index contributed by atoms with van der Waals surface area (Å²) in [6.45, 7) is -0.508. The normalized spacial score (nSPS) is 21.1. The van der Waals surface area contributed by atoms with Crippen molar-refractivity contribution in [3.8, 4) is 6.07 Å². The molecule has 8 heteroatoms. The molecule has 3 heterocycles. The molecule has 1 aliphatic heterocycles. The van der Waals surface area contributed by atoms with Crippen molar-refractivity contribution in [2.24, 2.45) is 0 Å². The molecule has 8 nitrogen and oxygen atoms in total. The van der Waals surface area contributed by atoms with Crippen molar-refractivity contribution < 1.29 is 19.1 Å². The molecule has 0 aromatic carbocycles. The third-order valence-electron chi connectivity index (χ3n) is 3.33. The number of carbonyl (C=O) groups is 2. The summed E-state index contributed by atoms with van der Waals surface area (Å²) in [6.07, 6.45) is 4.89. The topological polar surface area (TPSA) is 105 Å². The molecule has 3 rings (SSSR count). The van der Waals surface area contributed by atoms with Crippen LogP contribution < -0.4 is 4.90 Å². The maximum atomic E-state index is 12.0. The van der Waals surface area contributed by atoms with Crippen molar-refractivity contribution in [2.45, 2.75) is 5.72 Å². The maximum Gasteiger partial charge on any atom is 0.334 e. The molecule has 0 spiro atoms. The van der Waals surface area contributed by atoms with Gasteiger partial charge in [0, 0.05) is 24.5 Å². The first-order valence-corrected chi connectivity index (χ1v) is 7.26. The summed E-state index contributed by atoms with van der Waals surface area (Å²) in [5.74, 6) is -0.999. The van der Waals surface area contributed by atoms with Gasteiger partial charge in [0.2, 0.25) is 0 Å². The van der Waals surface area contributed by atoms with Crippen molar-refractivity contribution in [1.29, 1.82) is 5.26 Å². The smallest absolute Gasteiger partial charge is 0.334 e. The number of nitrogens with zero attached hydrogens (tertiary/aromatic N) is 4. The van der Waals surface area contributed by atoms with E-state index in [0.717, 1.165) is 12.2 Å². The summed E-state index contributed by atoms with van der Waals surface area (Å²) < 4.78 is 10.4. The summed E-state index contributed by atoms with van der Waals surface area (Å²) in [5.41, 5.74) is -1.96. The molecule has 124 valence electrons. The van der Waals surface area contributed by atoms with Gasteiger partial charge in [-0.25, -0.2) is 19.6 Å². The van der Waals surface area contributed by atoms with Crippen molar-refractivity contribution in [3.63, 3.8) is 0 Å². The van der Waals surface area contributed by atoms with Crippen molar-refractivity contribution in [2.75, 3.05) is 11.5 Å². The largest absolute Gasteiger partial charge is 0.455 e. The number of pyridine rings is 2. The van der Waals surface area contributed by atoms with E-state index in [0.29, 0.717) is 11.6 Å². The fourth-order valence-electron chi connectivity index (χ4n) is 2.26. The minimum absolute atomic E-state index is 0.302. The highest BCUT2D eigenvalue weighted by Crippen LogP contribution is 2.32. The number of carbonyl (C=O) groups excluding carboxylic acids is 2. The Labute approximate surface area is 142 Å². The summed E-state index contributed by atoms with van der Waals surface area (Å²) in [5, 5.41) is 9.82. The first-order chi connectivity index (χ1) is 12.1. The van der Waals surface area contributed by atoms with Crippen molar-refractivity contribution in [3.05, 3.63) is 60.9 Å². The summed E-state index contributed by atoms with van der Waals surface area (Å²) >= 11 is 0. The second-order valence-corrected chi connectivity index (χ2v) is 4.97. The van der Waals surface area contributed by atoms with Gasteiger partial charge in [0.1, 0.15) is 17.7 Å². The van der Waals surface area contributed by atoms with Gasteiger partial charge >= 0.3 is 17.7 Å². The predicted molar refractivity (Wildman–Crippen MR) is 85.1 cm³/mol. The van der Waals surface area contributed by atoms with E-state index in [4.69, 9.17) is 9.47 Å². The summed E-state index contributed by atoms with van der Waals surface area (Å²) in [7, 11) is 0. The maximum absolute atomic E-state index is 12.0. The van der Waals surface area contributed by atoms with Crippen LogP contribution in [0.2, 0.25) is 0 Å². The molecule has 1 unspecified atom stereocenters. The van der Waals surface area contributed by atoms with Crippen LogP contribution >= 0.6 is 0 Å². The zero-order valence-corrected chi connectivity index (χ0v) is 12.9. The summed E-state index contributed by atoms with van der Waals surface area (Å²) in [6, 6.07) is 12.0. The van der Waals surface area contributed by atoms with Gasteiger partial charge in [-0.2, -0.15) is 5.26 Å². The highest BCUT2D eigenvalue weighted by Gasteiger charge is 2.46. The lowest BCUT2D eigenvalue weighted by Crippen LogP contribution is -2.53. The molecule has 2 aromatic rings. The number of esters is 2. The molecule has 0 radical (unpaired) electrons. The zero-order chi connectivity index (χ0) is 17.7.